The zero-order valence-corrected chi connectivity index (χ0v) is 18.9. The molecule has 3 rings (SSSR count). The van der Waals surface area contributed by atoms with Crippen molar-refractivity contribution in [2.24, 2.45) is 0 Å². The van der Waals surface area contributed by atoms with E-state index in [1.165, 1.54) is 31.4 Å². The maximum Gasteiger partial charge on any atom is 0.261 e. The van der Waals surface area contributed by atoms with Gasteiger partial charge in [0.05, 0.1) is 17.7 Å². The summed E-state index contributed by atoms with van der Waals surface area (Å²) in [6, 6.07) is 17.6. The average Bonchev–Trinajstić information content (AvgIpc) is 2.69. The molecule has 0 atom stereocenters. The molecule has 0 aliphatic carbocycles. The van der Waals surface area contributed by atoms with Crippen molar-refractivity contribution in [1.29, 1.82) is 0 Å². The molecule has 0 saturated heterocycles. The summed E-state index contributed by atoms with van der Waals surface area (Å²) >= 11 is 8.07. The summed E-state index contributed by atoms with van der Waals surface area (Å²) in [6.07, 6.45) is 0. The number of methoxy groups -OCH3 is 1. The third-order valence-corrected chi connectivity index (χ3v) is 6.25. The van der Waals surface area contributed by atoms with Crippen LogP contribution in [0, 0.1) is 3.57 Å². The molecule has 0 saturated carbocycles. The average molecular weight is 543 g/mol. The number of hydrogen-bond acceptors (Lipinski definition) is 4. The summed E-state index contributed by atoms with van der Waals surface area (Å²) in [7, 11) is -2.43. The smallest absolute Gasteiger partial charge is 0.261 e. The van der Waals surface area contributed by atoms with Crippen LogP contribution in [-0.2, 0) is 10.0 Å². The molecular weight excluding hydrogens is 527 g/mol. The maximum atomic E-state index is 12.8. The van der Waals surface area contributed by atoms with Gasteiger partial charge in [-0.05, 0) is 83.3 Å². The molecule has 0 spiro atoms. The summed E-state index contributed by atoms with van der Waals surface area (Å²) in [6.45, 7) is 0. The molecule has 0 fully saturated rings. The molecule has 29 heavy (non-hydrogen) atoms. The molecule has 0 aliphatic heterocycles. The number of nitrogens with one attached hydrogen (secondary N) is 2. The lowest BCUT2D eigenvalue weighted by atomic mass is 10.2. The first kappa shape index (κ1) is 21.4. The van der Waals surface area contributed by atoms with Crippen LogP contribution in [-0.4, -0.2) is 21.4 Å². The largest absolute Gasteiger partial charge is 0.495 e. The summed E-state index contributed by atoms with van der Waals surface area (Å²) < 4.78 is 34.3. The van der Waals surface area contributed by atoms with E-state index in [1.54, 1.807) is 42.5 Å². The van der Waals surface area contributed by atoms with Crippen molar-refractivity contribution in [3.63, 3.8) is 0 Å². The summed E-state index contributed by atoms with van der Waals surface area (Å²) in [5, 5.41) is 3.09. The van der Waals surface area contributed by atoms with Gasteiger partial charge < -0.3 is 10.1 Å². The summed E-state index contributed by atoms with van der Waals surface area (Å²) in [5.41, 5.74) is 0.999. The van der Waals surface area contributed by atoms with Crippen molar-refractivity contribution >= 4 is 61.5 Å². The van der Waals surface area contributed by atoms with Gasteiger partial charge in [-0.15, -0.1) is 0 Å². The Kier molecular flexibility index (Phi) is 6.66. The first-order valence-electron chi connectivity index (χ1n) is 8.32. The van der Waals surface area contributed by atoms with Gasteiger partial charge in [-0.1, -0.05) is 17.7 Å². The van der Waals surface area contributed by atoms with Crippen molar-refractivity contribution in [3.8, 4) is 5.75 Å². The zero-order chi connectivity index (χ0) is 21.0. The van der Waals surface area contributed by atoms with E-state index in [1.807, 2.05) is 0 Å². The molecular formula is C20H16ClIN2O4S. The van der Waals surface area contributed by atoms with E-state index in [4.69, 9.17) is 16.3 Å². The minimum absolute atomic E-state index is 0.0155. The van der Waals surface area contributed by atoms with Crippen LogP contribution in [0.4, 0.5) is 11.4 Å². The fourth-order valence-corrected chi connectivity index (χ4v) is 4.14. The zero-order valence-electron chi connectivity index (χ0n) is 15.1. The Morgan fingerprint density at radius 3 is 2.41 bits per heavy atom. The van der Waals surface area contributed by atoms with Gasteiger partial charge in [-0.3, -0.25) is 9.52 Å². The maximum absolute atomic E-state index is 12.8. The molecule has 0 unspecified atom stereocenters. The van der Waals surface area contributed by atoms with Crippen molar-refractivity contribution in [1.82, 2.24) is 0 Å². The number of carbonyl (C=O) groups excluding carboxylic acids is 1. The van der Waals surface area contributed by atoms with Crippen LogP contribution in [0.1, 0.15) is 10.4 Å². The van der Waals surface area contributed by atoms with Gasteiger partial charge in [0.15, 0.2) is 0 Å². The minimum atomic E-state index is -3.86. The molecule has 150 valence electrons. The van der Waals surface area contributed by atoms with Gasteiger partial charge >= 0.3 is 0 Å². The SMILES string of the molecule is COc1ccc(S(=O)(=O)Nc2ccc(I)cc2)cc1NC(=O)c1cccc(Cl)c1. The second-order valence-electron chi connectivity index (χ2n) is 5.94. The highest BCUT2D eigenvalue weighted by Gasteiger charge is 2.18. The van der Waals surface area contributed by atoms with Gasteiger partial charge in [-0.25, -0.2) is 8.42 Å². The summed E-state index contributed by atoms with van der Waals surface area (Å²) in [4.78, 5) is 12.5. The van der Waals surface area contributed by atoms with Gasteiger partial charge in [0, 0.05) is 19.8 Å². The molecule has 2 N–H and O–H groups in total. The third kappa shape index (κ3) is 5.40. The van der Waals surface area contributed by atoms with Gasteiger partial charge in [-0.2, -0.15) is 0 Å². The monoisotopic (exact) mass is 542 g/mol. The fourth-order valence-electron chi connectivity index (χ4n) is 2.51. The molecule has 3 aromatic carbocycles. The highest BCUT2D eigenvalue weighted by Crippen LogP contribution is 2.29. The van der Waals surface area contributed by atoms with Gasteiger partial charge in [0.2, 0.25) is 0 Å². The number of hydrogen-bond donors (Lipinski definition) is 2. The molecule has 0 heterocycles. The summed E-state index contributed by atoms with van der Waals surface area (Å²) in [5.74, 6) is -0.112. The lowest BCUT2D eigenvalue weighted by molar-refractivity contribution is 0.102. The Hall–Kier alpha value is -2.30. The Bertz CT molecular complexity index is 1150. The predicted molar refractivity (Wildman–Crippen MR) is 122 cm³/mol. The lowest BCUT2D eigenvalue weighted by Gasteiger charge is -2.13. The van der Waals surface area contributed by atoms with E-state index < -0.39 is 15.9 Å². The highest BCUT2D eigenvalue weighted by molar-refractivity contribution is 14.1. The quantitative estimate of drug-likeness (QED) is 0.429. The van der Waals surface area contributed by atoms with Crippen LogP contribution in [0.5, 0.6) is 5.75 Å². The first-order valence-corrected chi connectivity index (χ1v) is 11.3. The van der Waals surface area contributed by atoms with Crippen molar-refractivity contribution in [3.05, 3.63) is 80.9 Å². The number of ether oxygens (including phenoxy) is 1. The minimum Gasteiger partial charge on any atom is -0.495 e. The number of rotatable bonds is 6. The number of halogens is 2. The standard InChI is InChI=1S/C20H16ClIN2O4S/c1-28-19-10-9-17(29(26,27)24-16-7-5-15(22)6-8-16)12-18(19)23-20(25)13-3-2-4-14(21)11-13/h2-12,24H,1H3,(H,23,25). The van der Waals surface area contributed by atoms with E-state index >= 15 is 0 Å². The van der Waals surface area contributed by atoms with Crippen LogP contribution in [0.25, 0.3) is 0 Å². The Balaban J connectivity index is 1.89. The molecule has 0 radical (unpaired) electrons. The second kappa shape index (κ2) is 9.02. The van der Waals surface area contributed by atoms with Crippen LogP contribution in [0.3, 0.4) is 0 Å². The number of carbonyl (C=O) groups is 1. The van der Waals surface area contributed by atoms with Gasteiger partial charge in [0.25, 0.3) is 15.9 Å². The van der Waals surface area contributed by atoms with Crippen molar-refractivity contribution in [2.45, 2.75) is 4.90 Å². The second-order valence-corrected chi connectivity index (χ2v) is 9.30. The topological polar surface area (TPSA) is 84.5 Å². The Morgan fingerprint density at radius 1 is 1.03 bits per heavy atom. The van der Waals surface area contributed by atoms with E-state index in [0.717, 1.165) is 3.57 Å². The molecule has 1 amide bonds. The fraction of sp³-hybridized carbons (Fsp3) is 0.0500. The molecule has 0 aliphatic rings. The number of benzene rings is 3. The van der Waals surface area contributed by atoms with Crippen LogP contribution < -0.4 is 14.8 Å². The molecule has 0 aromatic heterocycles. The molecule has 6 nitrogen and oxygen atoms in total. The first-order chi connectivity index (χ1) is 13.8. The van der Waals surface area contributed by atoms with Crippen LogP contribution >= 0.6 is 34.2 Å². The van der Waals surface area contributed by atoms with E-state index in [0.29, 0.717) is 22.0 Å². The Labute approximate surface area is 187 Å². The molecule has 0 bridgehead atoms. The number of anilines is 2. The number of sulfonamides is 1. The predicted octanol–water partition coefficient (Wildman–Crippen LogP) is 5.01. The van der Waals surface area contributed by atoms with E-state index in [9.17, 15) is 13.2 Å². The number of amides is 1. The van der Waals surface area contributed by atoms with Crippen LogP contribution in [0.15, 0.2) is 71.6 Å². The Morgan fingerprint density at radius 2 is 1.76 bits per heavy atom. The molecule has 9 heteroatoms. The van der Waals surface area contributed by atoms with E-state index in [2.05, 4.69) is 32.6 Å². The van der Waals surface area contributed by atoms with Crippen molar-refractivity contribution in [2.75, 3.05) is 17.1 Å². The normalized spacial score (nSPS) is 11.0. The van der Waals surface area contributed by atoms with Crippen LogP contribution in [0.2, 0.25) is 5.02 Å². The van der Waals surface area contributed by atoms with Crippen molar-refractivity contribution < 1.29 is 17.9 Å². The third-order valence-electron chi connectivity index (χ3n) is 3.91. The van der Waals surface area contributed by atoms with Gasteiger partial charge in [0.1, 0.15) is 5.75 Å². The van der Waals surface area contributed by atoms with E-state index in [-0.39, 0.29) is 10.6 Å². The molecule has 3 aromatic rings. The lowest BCUT2D eigenvalue weighted by Crippen LogP contribution is -2.15. The highest BCUT2D eigenvalue weighted by atomic mass is 127.